The molecule has 3 rings (SSSR count). The number of imidazole rings is 1. The monoisotopic (exact) mass is 351 g/mol. The van der Waals surface area contributed by atoms with Crippen LogP contribution in [0.2, 0.25) is 0 Å². The van der Waals surface area contributed by atoms with Crippen molar-refractivity contribution in [2.75, 3.05) is 0 Å². The van der Waals surface area contributed by atoms with E-state index in [9.17, 15) is 0 Å². The minimum Gasteiger partial charge on any atom is -1.00 e. The summed E-state index contributed by atoms with van der Waals surface area (Å²) in [6.45, 7) is 0. The molecule has 18 heavy (non-hydrogen) atoms. The molecule has 0 fully saturated rings. The first-order valence-corrected chi connectivity index (χ1v) is 5.63. The third-order valence-corrected chi connectivity index (χ3v) is 2.99. The topological polar surface area (TPSA) is 21.7 Å². The highest BCUT2D eigenvalue weighted by Crippen LogP contribution is 2.21. The number of rotatable bonds is 1. The Morgan fingerprint density at radius 1 is 1.11 bits per heavy atom. The van der Waals surface area contributed by atoms with Crippen LogP contribution in [0, 0.1) is 0 Å². The number of para-hydroxylation sites is 2. The fourth-order valence-corrected chi connectivity index (χ4v) is 2.12. The Bertz CT molecular complexity index is 688. The van der Waals surface area contributed by atoms with Gasteiger partial charge in [0.2, 0.25) is 0 Å². The van der Waals surface area contributed by atoms with Crippen LogP contribution >= 0.6 is 0 Å². The molecule has 0 unspecified atom stereocenters. The molecule has 0 atom stereocenters. The molecule has 0 saturated carbocycles. The van der Waals surface area contributed by atoms with Crippen molar-refractivity contribution in [2.45, 2.75) is 0 Å². The first kappa shape index (κ1) is 13.0. The summed E-state index contributed by atoms with van der Waals surface area (Å²) in [4.78, 5) is 4.67. The van der Waals surface area contributed by atoms with Gasteiger partial charge in [-0.1, -0.05) is 12.1 Å². The summed E-state index contributed by atoms with van der Waals surface area (Å²) in [5.74, 6) is 1.00. The average molecular weight is 351 g/mol. The summed E-state index contributed by atoms with van der Waals surface area (Å²) in [5, 5.41) is 0. The van der Waals surface area contributed by atoms with E-state index in [-0.39, 0.29) is 24.0 Å². The number of hydrogen-bond donors (Lipinski definition) is 0. The van der Waals surface area contributed by atoms with Crippen molar-refractivity contribution in [1.82, 2.24) is 9.55 Å². The molecule has 0 spiro atoms. The Morgan fingerprint density at radius 3 is 2.61 bits per heavy atom. The molecule has 0 aliphatic heterocycles. The second-order valence-electron chi connectivity index (χ2n) is 4.24. The maximum atomic E-state index is 4.67. The van der Waals surface area contributed by atoms with Gasteiger partial charge in [0.1, 0.15) is 12.9 Å². The molecule has 0 radical (unpaired) electrons. The van der Waals surface area contributed by atoms with Crippen LogP contribution in [0.5, 0.6) is 0 Å². The second kappa shape index (κ2) is 5.06. The van der Waals surface area contributed by atoms with Gasteiger partial charge in [-0.15, -0.1) is 0 Å². The van der Waals surface area contributed by atoms with Gasteiger partial charge in [-0.2, -0.15) is 0 Å². The van der Waals surface area contributed by atoms with E-state index in [1.807, 2.05) is 42.1 Å². The van der Waals surface area contributed by atoms with Crippen LogP contribution in [-0.2, 0) is 14.1 Å². The van der Waals surface area contributed by atoms with Crippen LogP contribution in [0.25, 0.3) is 22.4 Å². The third kappa shape index (κ3) is 2.12. The van der Waals surface area contributed by atoms with E-state index in [1.165, 1.54) is 0 Å². The van der Waals surface area contributed by atoms with E-state index in [4.69, 9.17) is 0 Å². The lowest BCUT2D eigenvalue weighted by atomic mass is 10.2. The lowest BCUT2D eigenvalue weighted by Crippen LogP contribution is -3.00. The van der Waals surface area contributed by atoms with Gasteiger partial charge in [0.15, 0.2) is 12.4 Å². The van der Waals surface area contributed by atoms with Gasteiger partial charge in [-0.25, -0.2) is 9.55 Å². The van der Waals surface area contributed by atoms with Gasteiger partial charge in [0, 0.05) is 13.1 Å². The zero-order valence-corrected chi connectivity index (χ0v) is 12.5. The summed E-state index contributed by atoms with van der Waals surface area (Å²) in [5.41, 5.74) is 3.33. The number of hydrogen-bond acceptors (Lipinski definition) is 1. The smallest absolute Gasteiger partial charge is 0.179 e. The van der Waals surface area contributed by atoms with Crippen molar-refractivity contribution in [3.05, 3.63) is 48.8 Å². The van der Waals surface area contributed by atoms with E-state index in [0.717, 1.165) is 22.4 Å². The normalized spacial score (nSPS) is 10.3. The van der Waals surface area contributed by atoms with Crippen molar-refractivity contribution in [2.24, 2.45) is 14.1 Å². The number of fused-ring (bicyclic) bond motifs is 1. The van der Waals surface area contributed by atoms with Crippen LogP contribution in [-0.4, -0.2) is 9.55 Å². The molecule has 0 amide bonds. The SMILES string of the molecule is Cn1c(-c2ccc[n+](C)c2)nc2ccccc21.[I-]. The largest absolute Gasteiger partial charge is 1.00 e. The molecule has 3 aromatic rings. The lowest BCUT2D eigenvalue weighted by Gasteiger charge is -2.00. The van der Waals surface area contributed by atoms with Gasteiger partial charge < -0.3 is 28.5 Å². The molecule has 0 aliphatic rings. The Balaban J connectivity index is 0.00000120. The molecule has 1 aromatic carbocycles. The summed E-state index contributed by atoms with van der Waals surface area (Å²) in [7, 11) is 4.07. The minimum atomic E-state index is 0. The minimum absolute atomic E-state index is 0. The van der Waals surface area contributed by atoms with E-state index >= 15 is 0 Å². The molecular weight excluding hydrogens is 337 g/mol. The standard InChI is InChI=1S/C14H14N3.HI/c1-16-9-5-6-11(10-16)14-15-12-7-3-4-8-13(12)17(14)2;/h3-10H,1-2H3;1H/q+1;/p-1. The second-order valence-corrected chi connectivity index (χ2v) is 4.24. The zero-order valence-electron chi connectivity index (χ0n) is 10.3. The summed E-state index contributed by atoms with van der Waals surface area (Å²) >= 11 is 0. The highest BCUT2D eigenvalue weighted by molar-refractivity contribution is 5.80. The van der Waals surface area contributed by atoms with Crippen LogP contribution in [0.15, 0.2) is 48.8 Å². The van der Waals surface area contributed by atoms with Gasteiger partial charge in [0.25, 0.3) is 0 Å². The van der Waals surface area contributed by atoms with Crippen molar-refractivity contribution >= 4 is 11.0 Å². The lowest BCUT2D eigenvalue weighted by molar-refractivity contribution is -0.671. The maximum Gasteiger partial charge on any atom is 0.179 e. The fourth-order valence-electron chi connectivity index (χ4n) is 2.12. The molecule has 4 heteroatoms. The number of nitrogens with zero attached hydrogens (tertiary/aromatic N) is 3. The van der Waals surface area contributed by atoms with Gasteiger partial charge in [-0.3, -0.25) is 0 Å². The zero-order chi connectivity index (χ0) is 11.8. The summed E-state index contributed by atoms with van der Waals surface area (Å²) < 4.78 is 4.17. The third-order valence-electron chi connectivity index (χ3n) is 2.99. The maximum absolute atomic E-state index is 4.67. The molecule has 2 heterocycles. The highest BCUT2D eigenvalue weighted by Gasteiger charge is 2.11. The fraction of sp³-hybridized carbons (Fsp3) is 0.143. The van der Waals surface area contributed by atoms with Crippen LogP contribution in [0.3, 0.4) is 0 Å². The number of benzene rings is 1. The molecule has 92 valence electrons. The Kier molecular flexibility index (Phi) is 3.65. The average Bonchev–Trinajstić information content (AvgIpc) is 2.68. The van der Waals surface area contributed by atoms with Crippen molar-refractivity contribution in [3.8, 4) is 11.4 Å². The summed E-state index contributed by atoms with van der Waals surface area (Å²) in [6, 6.07) is 12.3. The molecule has 0 saturated heterocycles. The van der Waals surface area contributed by atoms with Gasteiger partial charge in [-0.05, 0) is 18.2 Å². The molecule has 3 nitrogen and oxygen atoms in total. The predicted octanol–water partition coefficient (Wildman–Crippen LogP) is -0.931. The van der Waals surface area contributed by atoms with Crippen molar-refractivity contribution in [3.63, 3.8) is 0 Å². The number of aromatic nitrogens is 3. The molecular formula is C14H14IN3. The van der Waals surface area contributed by atoms with Crippen LogP contribution < -0.4 is 28.5 Å². The predicted molar refractivity (Wildman–Crippen MR) is 67.3 cm³/mol. The van der Waals surface area contributed by atoms with Gasteiger partial charge >= 0.3 is 0 Å². The Hall–Kier alpha value is -1.43. The first-order valence-electron chi connectivity index (χ1n) is 5.63. The molecule has 2 aromatic heterocycles. The Morgan fingerprint density at radius 2 is 1.89 bits per heavy atom. The van der Waals surface area contributed by atoms with E-state index in [2.05, 4.69) is 34.9 Å². The van der Waals surface area contributed by atoms with Crippen LogP contribution in [0.1, 0.15) is 0 Å². The summed E-state index contributed by atoms with van der Waals surface area (Å²) in [6.07, 6.45) is 4.10. The Labute approximate surface area is 123 Å². The quantitative estimate of drug-likeness (QED) is 0.410. The molecule has 0 N–H and O–H groups in total. The first-order chi connectivity index (χ1) is 8.25. The van der Waals surface area contributed by atoms with E-state index < -0.39 is 0 Å². The van der Waals surface area contributed by atoms with Crippen LogP contribution in [0.4, 0.5) is 0 Å². The number of aryl methyl sites for hydroxylation is 2. The number of pyridine rings is 1. The van der Waals surface area contributed by atoms with E-state index in [1.54, 1.807) is 0 Å². The van der Waals surface area contributed by atoms with Gasteiger partial charge in [0.05, 0.1) is 16.6 Å². The molecule has 0 aliphatic carbocycles. The van der Waals surface area contributed by atoms with Crippen molar-refractivity contribution in [1.29, 1.82) is 0 Å². The molecule has 0 bridgehead atoms. The highest BCUT2D eigenvalue weighted by atomic mass is 127. The number of halogens is 1. The van der Waals surface area contributed by atoms with Crippen molar-refractivity contribution < 1.29 is 28.5 Å². The van der Waals surface area contributed by atoms with E-state index in [0.29, 0.717) is 0 Å².